The molecule has 0 aliphatic carbocycles. The molecule has 1 aromatic rings. The molecule has 2 amide bonds. The Kier molecular flexibility index (Phi) is 4.87. The van der Waals surface area contributed by atoms with Crippen molar-refractivity contribution in [2.75, 3.05) is 45.4 Å². The first-order valence-electron chi connectivity index (χ1n) is 8.00. The van der Waals surface area contributed by atoms with E-state index in [0.717, 1.165) is 0 Å². The fraction of sp³-hybridized carbons (Fsp3) is 0.562. The van der Waals surface area contributed by atoms with Gasteiger partial charge in [0.2, 0.25) is 0 Å². The van der Waals surface area contributed by atoms with E-state index < -0.39 is 15.1 Å². The number of anilines is 1. The summed E-state index contributed by atoms with van der Waals surface area (Å²) in [7, 11) is 2.08. The monoisotopic (exact) mass is 387 g/mol. The van der Waals surface area contributed by atoms with Gasteiger partial charge in [-0.15, -0.1) is 0 Å². The molecule has 0 unspecified atom stereocenters. The minimum absolute atomic E-state index is 0.0616. The molecule has 2 heterocycles. The number of likely N-dealkylation sites (tertiary alicyclic amines) is 1. The number of benzene rings is 1. The summed E-state index contributed by atoms with van der Waals surface area (Å²) in [6.45, 7) is 0.632. The van der Waals surface area contributed by atoms with E-state index in [0.29, 0.717) is 23.0 Å². The second-order valence-corrected chi connectivity index (χ2v) is 9.44. The lowest BCUT2D eigenvalue weighted by Gasteiger charge is -2.25. The van der Waals surface area contributed by atoms with Gasteiger partial charge in [-0.25, -0.2) is 13.2 Å². The molecule has 138 valence electrons. The molecule has 2 fully saturated rings. The second kappa shape index (κ2) is 6.66. The van der Waals surface area contributed by atoms with Gasteiger partial charge in [0.25, 0.3) is 0 Å². The zero-order valence-corrected chi connectivity index (χ0v) is 16.0. The molecule has 3 rings (SSSR count). The van der Waals surface area contributed by atoms with Crippen LogP contribution in [0, 0.1) is 5.92 Å². The number of urea groups is 1. The van der Waals surface area contributed by atoms with E-state index in [4.69, 9.17) is 16.3 Å². The first-order chi connectivity index (χ1) is 11.7. The van der Waals surface area contributed by atoms with Crippen LogP contribution in [0.2, 0.25) is 5.02 Å². The number of nitrogens with zero attached hydrogens (tertiary/aromatic N) is 2. The van der Waals surface area contributed by atoms with Gasteiger partial charge in [-0.2, -0.15) is 0 Å². The minimum atomic E-state index is -3.19. The van der Waals surface area contributed by atoms with Crippen molar-refractivity contribution in [2.24, 2.45) is 5.92 Å². The van der Waals surface area contributed by atoms with Crippen molar-refractivity contribution in [3.05, 3.63) is 23.2 Å². The molecule has 0 radical (unpaired) electrons. The van der Waals surface area contributed by atoms with Gasteiger partial charge in [0.15, 0.2) is 9.84 Å². The summed E-state index contributed by atoms with van der Waals surface area (Å²) in [5.74, 6) is 0.593. The van der Waals surface area contributed by atoms with Gasteiger partial charge in [-0.05, 0) is 32.3 Å². The first kappa shape index (κ1) is 18.3. The molecule has 1 N–H and O–H groups in total. The van der Waals surface area contributed by atoms with Crippen LogP contribution < -0.4 is 10.1 Å². The summed E-state index contributed by atoms with van der Waals surface area (Å²) in [6.07, 6.45) is 0. The number of halogens is 1. The highest BCUT2D eigenvalue weighted by atomic mass is 35.5. The van der Waals surface area contributed by atoms with Crippen molar-refractivity contribution in [2.45, 2.75) is 11.3 Å². The highest BCUT2D eigenvalue weighted by Gasteiger charge is 2.53. The molecule has 0 saturated carbocycles. The van der Waals surface area contributed by atoms with Crippen LogP contribution in [-0.4, -0.2) is 75.6 Å². The van der Waals surface area contributed by atoms with E-state index in [-0.39, 0.29) is 30.3 Å². The minimum Gasteiger partial charge on any atom is -0.495 e. The van der Waals surface area contributed by atoms with E-state index in [1.54, 1.807) is 23.1 Å². The summed E-state index contributed by atoms with van der Waals surface area (Å²) in [6, 6.07) is 4.54. The normalized spacial score (nSPS) is 27.4. The lowest BCUT2D eigenvalue weighted by molar-refractivity contribution is 0.210. The van der Waals surface area contributed by atoms with Crippen LogP contribution in [-0.2, 0) is 9.84 Å². The third-order valence-electron chi connectivity index (χ3n) is 5.02. The number of carbonyl (C=O) groups is 1. The zero-order chi connectivity index (χ0) is 18.4. The van der Waals surface area contributed by atoms with Gasteiger partial charge in [0.1, 0.15) is 5.75 Å². The molecule has 0 bridgehead atoms. The highest BCUT2D eigenvalue weighted by molar-refractivity contribution is 7.92. The van der Waals surface area contributed by atoms with E-state index >= 15 is 0 Å². The van der Waals surface area contributed by atoms with Crippen LogP contribution in [0.15, 0.2) is 18.2 Å². The van der Waals surface area contributed by atoms with Crippen molar-refractivity contribution in [1.29, 1.82) is 0 Å². The van der Waals surface area contributed by atoms with E-state index in [9.17, 15) is 13.2 Å². The fourth-order valence-electron chi connectivity index (χ4n) is 3.70. The summed E-state index contributed by atoms with van der Waals surface area (Å²) in [4.78, 5) is 16.1. The average Bonchev–Trinajstić information content (AvgIpc) is 3.07. The smallest absolute Gasteiger partial charge is 0.322 e. The largest absolute Gasteiger partial charge is 0.495 e. The van der Waals surface area contributed by atoms with Crippen LogP contribution in [0.1, 0.15) is 0 Å². The van der Waals surface area contributed by atoms with Crippen molar-refractivity contribution in [3.8, 4) is 5.75 Å². The van der Waals surface area contributed by atoms with E-state index in [2.05, 4.69) is 5.32 Å². The number of fused-ring (bicyclic) bond motifs is 1. The third-order valence-corrected chi connectivity index (χ3v) is 7.48. The lowest BCUT2D eigenvalue weighted by Crippen LogP contribution is -2.39. The second-order valence-electron chi connectivity index (χ2n) is 6.74. The molecule has 2 aliphatic heterocycles. The predicted molar refractivity (Wildman–Crippen MR) is 97.1 cm³/mol. The number of sulfone groups is 1. The van der Waals surface area contributed by atoms with Crippen LogP contribution in [0.25, 0.3) is 0 Å². The number of nitrogens with one attached hydrogen (secondary N) is 1. The Morgan fingerprint density at radius 2 is 2.08 bits per heavy atom. The number of ether oxygens (including phenoxy) is 1. The van der Waals surface area contributed by atoms with Crippen LogP contribution in [0.4, 0.5) is 10.5 Å². The van der Waals surface area contributed by atoms with Crippen LogP contribution in [0.5, 0.6) is 5.75 Å². The number of hydrogen-bond acceptors (Lipinski definition) is 5. The molecule has 0 spiro atoms. The van der Waals surface area contributed by atoms with Gasteiger partial charge in [-0.1, -0.05) is 11.6 Å². The number of amides is 2. The van der Waals surface area contributed by atoms with E-state index in [1.807, 2.05) is 19.0 Å². The Morgan fingerprint density at radius 3 is 2.72 bits per heavy atom. The fourth-order valence-corrected chi connectivity index (χ4v) is 6.35. The maximum atomic E-state index is 12.6. The Balaban J connectivity index is 1.76. The first-order valence-corrected chi connectivity index (χ1v) is 10.1. The van der Waals surface area contributed by atoms with Crippen molar-refractivity contribution in [1.82, 2.24) is 9.80 Å². The van der Waals surface area contributed by atoms with Crippen LogP contribution in [0.3, 0.4) is 0 Å². The average molecular weight is 388 g/mol. The Bertz CT molecular complexity index is 784. The quantitative estimate of drug-likeness (QED) is 0.851. The summed E-state index contributed by atoms with van der Waals surface area (Å²) < 4.78 is 30.0. The van der Waals surface area contributed by atoms with Crippen molar-refractivity contribution < 1.29 is 17.9 Å². The van der Waals surface area contributed by atoms with Gasteiger partial charge in [-0.3, -0.25) is 0 Å². The maximum absolute atomic E-state index is 12.6. The molecular formula is C16H22ClN3O4S. The Morgan fingerprint density at radius 1 is 1.36 bits per heavy atom. The van der Waals surface area contributed by atoms with Crippen molar-refractivity contribution in [3.63, 3.8) is 0 Å². The molecule has 3 atom stereocenters. The van der Waals surface area contributed by atoms with Gasteiger partial charge in [0.05, 0.1) is 23.8 Å². The molecule has 2 saturated heterocycles. The SMILES string of the molecule is COc1ccc(Cl)cc1NC(=O)N1C[C@H]2[C@H](N(C)C)CS(=O)(=O)[C@H]2C1. The summed E-state index contributed by atoms with van der Waals surface area (Å²) in [5.41, 5.74) is 0.462. The molecule has 2 aliphatic rings. The number of methoxy groups -OCH3 is 1. The lowest BCUT2D eigenvalue weighted by atomic mass is 10.00. The molecule has 1 aromatic carbocycles. The van der Waals surface area contributed by atoms with E-state index in [1.165, 1.54) is 7.11 Å². The number of hydrogen-bond donors (Lipinski definition) is 1. The van der Waals surface area contributed by atoms with Crippen LogP contribution >= 0.6 is 11.6 Å². The summed E-state index contributed by atoms with van der Waals surface area (Å²) >= 11 is 5.98. The molecule has 0 aromatic heterocycles. The van der Waals surface area contributed by atoms with Gasteiger partial charge in [0, 0.05) is 30.1 Å². The standard InChI is InChI=1S/C16H22ClN3O4S/c1-19(2)13-9-25(22,23)15-8-20(7-11(13)15)16(21)18-12-6-10(17)4-5-14(12)24-3/h4-6,11,13,15H,7-9H2,1-3H3,(H,18,21)/t11-,13+,15-/m0/s1. The van der Waals surface area contributed by atoms with Gasteiger partial charge >= 0.3 is 6.03 Å². The van der Waals surface area contributed by atoms with Crippen molar-refractivity contribution >= 4 is 33.2 Å². The highest BCUT2D eigenvalue weighted by Crippen LogP contribution is 2.36. The molecular weight excluding hydrogens is 366 g/mol. The maximum Gasteiger partial charge on any atom is 0.322 e. The Labute approximate surface area is 152 Å². The summed E-state index contributed by atoms with van der Waals surface area (Å²) in [5, 5.41) is 2.76. The predicted octanol–water partition coefficient (Wildman–Crippen LogP) is 1.54. The molecule has 25 heavy (non-hydrogen) atoms. The molecule has 9 heteroatoms. The third kappa shape index (κ3) is 3.43. The molecule has 7 nitrogen and oxygen atoms in total. The Hall–Kier alpha value is -1.51. The van der Waals surface area contributed by atoms with Gasteiger partial charge < -0.3 is 19.9 Å². The number of rotatable bonds is 3. The topological polar surface area (TPSA) is 79.0 Å². The zero-order valence-electron chi connectivity index (χ0n) is 14.4. The number of carbonyl (C=O) groups excluding carboxylic acids is 1.